The predicted molar refractivity (Wildman–Crippen MR) is 77.5 cm³/mol. The number of rotatable bonds is 4. The summed E-state index contributed by atoms with van der Waals surface area (Å²) in [7, 11) is 0. The van der Waals surface area contributed by atoms with Crippen LogP contribution in [-0.4, -0.2) is 6.29 Å². The van der Waals surface area contributed by atoms with E-state index in [-0.39, 0.29) is 0 Å². The quantitative estimate of drug-likeness (QED) is 0.558. The van der Waals surface area contributed by atoms with Crippen LogP contribution in [0.25, 0.3) is 11.1 Å². The Balaban J connectivity index is 0.000000232. The van der Waals surface area contributed by atoms with Crippen molar-refractivity contribution in [1.29, 1.82) is 0 Å². The van der Waals surface area contributed by atoms with E-state index in [4.69, 9.17) is 0 Å². The molecule has 18 heavy (non-hydrogen) atoms. The molecule has 1 heteroatoms. The average molecular weight is 240 g/mol. The molecule has 1 nitrogen and oxygen atoms in total. The van der Waals surface area contributed by atoms with Gasteiger partial charge in [0.15, 0.2) is 0 Å². The molecule has 0 heterocycles. The summed E-state index contributed by atoms with van der Waals surface area (Å²) in [5, 5.41) is 0. The molecule has 0 unspecified atom stereocenters. The number of unbranched alkanes of at least 4 members (excludes halogenated alkanes) is 2. The third kappa shape index (κ3) is 5.44. The normalized spacial score (nSPS) is 9.17. The van der Waals surface area contributed by atoms with Gasteiger partial charge >= 0.3 is 0 Å². The lowest BCUT2D eigenvalue weighted by atomic mass is 10.1. The molecular weight excluding hydrogens is 220 g/mol. The van der Waals surface area contributed by atoms with E-state index >= 15 is 0 Å². The zero-order chi connectivity index (χ0) is 13.1. The van der Waals surface area contributed by atoms with Crippen molar-refractivity contribution in [2.45, 2.75) is 26.2 Å². The van der Waals surface area contributed by atoms with Crippen molar-refractivity contribution in [1.82, 2.24) is 0 Å². The molecule has 0 radical (unpaired) electrons. The van der Waals surface area contributed by atoms with Crippen molar-refractivity contribution in [2.75, 3.05) is 0 Å². The Morgan fingerprint density at radius 1 is 0.833 bits per heavy atom. The predicted octanol–water partition coefficient (Wildman–Crippen LogP) is 4.73. The number of carbonyl (C=O) groups is 1. The molecule has 2 aromatic carbocycles. The number of carbonyl (C=O) groups excluding carboxylic acids is 1. The van der Waals surface area contributed by atoms with Gasteiger partial charge in [-0.1, -0.05) is 74.0 Å². The van der Waals surface area contributed by atoms with Crippen molar-refractivity contribution in [2.24, 2.45) is 0 Å². The highest BCUT2D eigenvalue weighted by atomic mass is 16.1. The minimum Gasteiger partial charge on any atom is -0.303 e. The summed E-state index contributed by atoms with van der Waals surface area (Å²) in [4.78, 5) is 9.56. The van der Waals surface area contributed by atoms with Crippen LogP contribution in [0.15, 0.2) is 60.7 Å². The van der Waals surface area contributed by atoms with E-state index in [1.54, 1.807) is 0 Å². The first kappa shape index (κ1) is 14.2. The van der Waals surface area contributed by atoms with Crippen molar-refractivity contribution in [3.8, 4) is 11.1 Å². The first-order chi connectivity index (χ1) is 8.88. The molecule has 0 saturated heterocycles. The highest BCUT2D eigenvalue weighted by molar-refractivity contribution is 5.62. The van der Waals surface area contributed by atoms with Gasteiger partial charge < -0.3 is 4.79 Å². The number of hydrogen-bond acceptors (Lipinski definition) is 1. The molecule has 0 saturated carbocycles. The first-order valence-electron chi connectivity index (χ1n) is 6.42. The van der Waals surface area contributed by atoms with Crippen LogP contribution in [0.3, 0.4) is 0 Å². The molecule has 0 aromatic heterocycles. The molecule has 0 fully saturated rings. The van der Waals surface area contributed by atoms with E-state index in [1.165, 1.54) is 11.1 Å². The average Bonchev–Trinajstić information content (AvgIpc) is 2.48. The summed E-state index contributed by atoms with van der Waals surface area (Å²) in [6.07, 6.45) is 3.86. The van der Waals surface area contributed by atoms with Gasteiger partial charge in [-0.05, 0) is 17.5 Å². The summed E-state index contributed by atoms with van der Waals surface area (Å²) >= 11 is 0. The van der Waals surface area contributed by atoms with E-state index in [9.17, 15) is 4.79 Å². The maximum Gasteiger partial charge on any atom is 0.119 e. The van der Waals surface area contributed by atoms with Crippen molar-refractivity contribution in [3.05, 3.63) is 60.7 Å². The van der Waals surface area contributed by atoms with Gasteiger partial charge in [0.1, 0.15) is 6.29 Å². The fourth-order valence-electron chi connectivity index (χ4n) is 1.55. The standard InChI is InChI=1S/C12H10.C5H10O/c1-3-7-11(8-4-1)12-9-5-2-6-10-12;1-2-3-4-5-6/h1-10H;5H,2-4H2,1H3. The monoisotopic (exact) mass is 240 g/mol. The highest BCUT2D eigenvalue weighted by Crippen LogP contribution is 2.17. The lowest BCUT2D eigenvalue weighted by molar-refractivity contribution is -0.107. The van der Waals surface area contributed by atoms with Crippen LogP contribution < -0.4 is 0 Å². The molecule has 0 aliphatic rings. The minimum absolute atomic E-state index is 0.733. The summed E-state index contributed by atoms with van der Waals surface area (Å²) in [5.41, 5.74) is 2.55. The zero-order valence-corrected chi connectivity index (χ0v) is 10.9. The van der Waals surface area contributed by atoms with Gasteiger partial charge in [-0.3, -0.25) is 0 Å². The topological polar surface area (TPSA) is 17.1 Å². The molecule has 0 bridgehead atoms. The second-order valence-corrected chi connectivity index (χ2v) is 4.04. The SMILES string of the molecule is CCCCC=O.c1ccc(-c2ccccc2)cc1. The smallest absolute Gasteiger partial charge is 0.119 e. The Bertz CT molecular complexity index is 382. The van der Waals surface area contributed by atoms with Gasteiger partial charge in [0.25, 0.3) is 0 Å². The molecule has 2 rings (SSSR count). The van der Waals surface area contributed by atoms with Crippen LogP contribution in [0, 0.1) is 0 Å². The molecule has 0 aliphatic carbocycles. The zero-order valence-electron chi connectivity index (χ0n) is 10.9. The second kappa shape index (κ2) is 9.17. The van der Waals surface area contributed by atoms with Crippen LogP contribution in [0.2, 0.25) is 0 Å². The van der Waals surface area contributed by atoms with E-state index in [0.29, 0.717) is 0 Å². The van der Waals surface area contributed by atoms with Gasteiger partial charge in [0.2, 0.25) is 0 Å². The van der Waals surface area contributed by atoms with Crippen LogP contribution in [0.4, 0.5) is 0 Å². The summed E-state index contributed by atoms with van der Waals surface area (Å²) in [5.74, 6) is 0. The van der Waals surface area contributed by atoms with Crippen molar-refractivity contribution < 1.29 is 4.79 Å². The fraction of sp³-hybridized carbons (Fsp3) is 0.235. The Morgan fingerprint density at radius 3 is 1.56 bits per heavy atom. The molecule has 0 atom stereocenters. The minimum atomic E-state index is 0.733. The van der Waals surface area contributed by atoms with Crippen molar-refractivity contribution in [3.63, 3.8) is 0 Å². The Hall–Kier alpha value is -1.89. The lowest BCUT2D eigenvalue weighted by Crippen LogP contribution is -1.73. The lowest BCUT2D eigenvalue weighted by Gasteiger charge is -1.98. The number of benzene rings is 2. The number of hydrogen-bond donors (Lipinski definition) is 0. The van der Waals surface area contributed by atoms with Crippen LogP contribution in [-0.2, 0) is 4.79 Å². The third-order valence-corrected chi connectivity index (χ3v) is 2.56. The molecule has 0 spiro atoms. The van der Waals surface area contributed by atoms with E-state index in [0.717, 1.165) is 25.5 Å². The van der Waals surface area contributed by atoms with Gasteiger partial charge in [-0.15, -0.1) is 0 Å². The maximum atomic E-state index is 9.56. The van der Waals surface area contributed by atoms with E-state index in [1.807, 2.05) is 12.1 Å². The van der Waals surface area contributed by atoms with Crippen LogP contribution >= 0.6 is 0 Å². The Morgan fingerprint density at radius 2 is 1.28 bits per heavy atom. The van der Waals surface area contributed by atoms with Crippen LogP contribution in [0.1, 0.15) is 26.2 Å². The fourth-order valence-corrected chi connectivity index (χ4v) is 1.55. The Labute approximate surface area is 109 Å². The molecular formula is C17H20O. The molecule has 0 N–H and O–H groups in total. The second-order valence-electron chi connectivity index (χ2n) is 4.04. The summed E-state index contributed by atoms with van der Waals surface area (Å²) in [6.45, 7) is 2.07. The van der Waals surface area contributed by atoms with E-state index in [2.05, 4.69) is 55.5 Å². The molecule has 0 amide bonds. The summed E-state index contributed by atoms with van der Waals surface area (Å²) < 4.78 is 0. The van der Waals surface area contributed by atoms with Crippen molar-refractivity contribution >= 4 is 6.29 Å². The molecule has 2 aromatic rings. The third-order valence-electron chi connectivity index (χ3n) is 2.56. The van der Waals surface area contributed by atoms with Gasteiger partial charge in [0.05, 0.1) is 0 Å². The first-order valence-corrected chi connectivity index (χ1v) is 6.42. The maximum absolute atomic E-state index is 9.56. The van der Waals surface area contributed by atoms with Crippen LogP contribution in [0.5, 0.6) is 0 Å². The van der Waals surface area contributed by atoms with Gasteiger partial charge in [-0.25, -0.2) is 0 Å². The van der Waals surface area contributed by atoms with Gasteiger partial charge in [0, 0.05) is 6.42 Å². The summed E-state index contributed by atoms with van der Waals surface area (Å²) in [6, 6.07) is 20.8. The number of aldehydes is 1. The highest BCUT2D eigenvalue weighted by Gasteiger charge is 1.91. The molecule has 0 aliphatic heterocycles. The molecule has 94 valence electrons. The van der Waals surface area contributed by atoms with Gasteiger partial charge in [-0.2, -0.15) is 0 Å². The van der Waals surface area contributed by atoms with E-state index < -0.39 is 0 Å². The Kier molecular flexibility index (Phi) is 7.22. The largest absolute Gasteiger partial charge is 0.303 e.